The normalized spacial score (nSPS) is 15.1. The van der Waals surface area contributed by atoms with Gasteiger partial charge in [0, 0.05) is 12.6 Å². The first-order valence-electron chi connectivity index (χ1n) is 8.68. The zero-order valence-corrected chi connectivity index (χ0v) is 16.5. The van der Waals surface area contributed by atoms with E-state index in [-0.39, 0.29) is 12.4 Å². The summed E-state index contributed by atoms with van der Waals surface area (Å²) in [5, 5.41) is 2.71. The van der Waals surface area contributed by atoms with E-state index in [1.165, 1.54) is 11.4 Å². The van der Waals surface area contributed by atoms with Crippen LogP contribution < -0.4 is 23.8 Å². The predicted octanol–water partition coefficient (Wildman–Crippen LogP) is 2.26. The van der Waals surface area contributed by atoms with Crippen LogP contribution in [0.15, 0.2) is 42.5 Å². The summed E-state index contributed by atoms with van der Waals surface area (Å²) < 4.78 is 41.5. The number of hydrogen-bond acceptors (Lipinski definition) is 6. The van der Waals surface area contributed by atoms with Crippen LogP contribution in [0.2, 0.25) is 0 Å². The number of ether oxygens (including phenoxy) is 3. The summed E-state index contributed by atoms with van der Waals surface area (Å²) in [4.78, 5) is 12.3. The van der Waals surface area contributed by atoms with Gasteiger partial charge in [-0.25, -0.2) is 8.42 Å². The monoisotopic (exact) mass is 406 g/mol. The Bertz CT molecular complexity index is 961. The van der Waals surface area contributed by atoms with Gasteiger partial charge >= 0.3 is 0 Å². The maximum atomic E-state index is 12.3. The molecule has 0 aliphatic carbocycles. The van der Waals surface area contributed by atoms with E-state index in [9.17, 15) is 13.2 Å². The molecule has 1 amide bonds. The molecule has 2 aromatic rings. The smallest absolute Gasteiger partial charge is 0.262 e. The number of rotatable bonds is 7. The van der Waals surface area contributed by atoms with Crippen LogP contribution in [0.3, 0.4) is 0 Å². The molecule has 1 aliphatic heterocycles. The predicted molar refractivity (Wildman–Crippen MR) is 106 cm³/mol. The lowest BCUT2D eigenvalue weighted by molar-refractivity contribution is -0.118. The van der Waals surface area contributed by atoms with E-state index in [0.29, 0.717) is 41.6 Å². The van der Waals surface area contributed by atoms with E-state index in [0.717, 1.165) is 0 Å². The molecule has 1 saturated heterocycles. The minimum absolute atomic E-state index is 0.120. The second-order valence-corrected chi connectivity index (χ2v) is 8.15. The summed E-state index contributed by atoms with van der Waals surface area (Å²) >= 11 is 0. The van der Waals surface area contributed by atoms with Crippen LogP contribution in [-0.2, 0) is 14.8 Å². The Morgan fingerprint density at radius 1 is 1.11 bits per heavy atom. The van der Waals surface area contributed by atoms with E-state index >= 15 is 0 Å². The van der Waals surface area contributed by atoms with E-state index in [2.05, 4.69) is 5.32 Å². The van der Waals surface area contributed by atoms with Crippen molar-refractivity contribution in [3.05, 3.63) is 42.5 Å². The highest BCUT2D eigenvalue weighted by Crippen LogP contribution is 2.32. The maximum Gasteiger partial charge on any atom is 0.262 e. The molecule has 9 heteroatoms. The number of nitrogens with zero attached hydrogens (tertiary/aromatic N) is 1. The summed E-state index contributed by atoms with van der Waals surface area (Å²) in [6.45, 7) is 0.198. The molecule has 0 saturated carbocycles. The molecule has 0 aromatic heterocycles. The minimum Gasteiger partial charge on any atom is -0.497 e. The van der Waals surface area contributed by atoms with Crippen molar-refractivity contribution in [2.75, 3.05) is 42.7 Å². The fourth-order valence-electron chi connectivity index (χ4n) is 2.90. The Kier molecular flexibility index (Phi) is 5.93. The van der Waals surface area contributed by atoms with E-state index in [1.807, 2.05) is 0 Å². The number of nitrogens with one attached hydrogen (secondary N) is 1. The van der Waals surface area contributed by atoms with Gasteiger partial charge in [0.2, 0.25) is 10.0 Å². The molecule has 3 rings (SSSR count). The second kappa shape index (κ2) is 8.39. The third-order valence-corrected chi connectivity index (χ3v) is 6.13. The molecule has 1 aliphatic rings. The molecule has 8 nitrogen and oxygen atoms in total. The zero-order valence-electron chi connectivity index (χ0n) is 15.7. The highest BCUT2D eigenvalue weighted by Gasteiger charge is 2.29. The van der Waals surface area contributed by atoms with Gasteiger partial charge in [-0.3, -0.25) is 9.10 Å². The van der Waals surface area contributed by atoms with Crippen LogP contribution in [0.25, 0.3) is 0 Å². The van der Waals surface area contributed by atoms with Crippen LogP contribution in [0.1, 0.15) is 6.42 Å². The van der Waals surface area contributed by atoms with Crippen molar-refractivity contribution >= 4 is 27.3 Å². The number of anilines is 2. The summed E-state index contributed by atoms with van der Waals surface area (Å²) in [7, 11) is -0.291. The summed E-state index contributed by atoms with van der Waals surface area (Å²) in [6.07, 6.45) is 0.574. The van der Waals surface area contributed by atoms with Crippen LogP contribution in [0.4, 0.5) is 11.4 Å². The first-order chi connectivity index (χ1) is 13.4. The van der Waals surface area contributed by atoms with E-state index < -0.39 is 15.9 Å². The number of amides is 1. The molecular formula is C19H22N2O6S. The van der Waals surface area contributed by atoms with Gasteiger partial charge in [-0.2, -0.15) is 0 Å². The van der Waals surface area contributed by atoms with Crippen molar-refractivity contribution < 1.29 is 27.4 Å². The van der Waals surface area contributed by atoms with Gasteiger partial charge in [0.1, 0.15) is 17.2 Å². The number of carbonyl (C=O) groups is 1. The molecule has 1 N–H and O–H groups in total. The molecule has 150 valence electrons. The molecule has 0 unspecified atom stereocenters. The van der Waals surface area contributed by atoms with Crippen LogP contribution >= 0.6 is 0 Å². The van der Waals surface area contributed by atoms with Gasteiger partial charge in [-0.1, -0.05) is 6.07 Å². The average Bonchev–Trinajstić information content (AvgIpc) is 3.05. The third-order valence-electron chi connectivity index (χ3n) is 4.26. The molecule has 0 atom stereocenters. The molecule has 1 fully saturated rings. The molecule has 2 aromatic carbocycles. The van der Waals surface area contributed by atoms with Crippen molar-refractivity contribution in [3.8, 4) is 17.2 Å². The van der Waals surface area contributed by atoms with Crippen molar-refractivity contribution in [2.24, 2.45) is 0 Å². The standard InChI is InChI=1S/C19H22N2O6S/c1-25-15-5-3-6-16(12-15)27-13-19(22)20-17-11-14(7-8-18(17)26-2)21-9-4-10-28(21,23)24/h3,5-8,11-12H,4,9-10,13H2,1-2H3,(H,20,22). The van der Waals surface area contributed by atoms with Gasteiger partial charge in [-0.05, 0) is 36.8 Å². The zero-order chi connectivity index (χ0) is 20.1. The van der Waals surface area contributed by atoms with Crippen molar-refractivity contribution in [2.45, 2.75) is 6.42 Å². The van der Waals surface area contributed by atoms with Crippen molar-refractivity contribution in [3.63, 3.8) is 0 Å². The first kappa shape index (κ1) is 19.8. The Labute approximate surface area is 164 Å². The summed E-state index contributed by atoms with van der Waals surface area (Å²) in [5.41, 5.74) is 0.864. The molecule has 0 radical (unpaired) electrons. The van der Waals surface area contributed by atoms with E-state index in [4.69, 9.17) is 14.2 Å². The van der Waals surface area contributed by atoms with E-state index in [1.54, 1.807) is 49.6 Å². The van der Waals surface area contributed by atoms with Gasteiger partial charge in [-0.15, -0.1) is 0 Å². The van der Waals surface area contributed by atoms with Crippen molar-refractivity contribution in [1.82, 2.24) is 0 Å². The number of carbonyl (C=O) groups excluding carboxylic acids is 1. The fraction of sp³-hybridized carbons (Fsp3) is 0.316. The van der Waals surface area contributed by atoms with Crippen molar-refractivity contribution in [1.29, 1.82) is 0 Å². The topological polar surface area (TPSA) is 94.2 Å². The van der Waals surface area contributed by atoms with Gasteiger partial charge < -0.3 is 19.5 Å². The largest absolute Gasteiger partial charge is 0.497 e. The quantitative estimate of drug-likeness (QED) is 0.758. The molecule has 0 bridgehead atoms. The first-order valence-corrected chi connectivity index (χ1v) is 10.3. The number of hydrogen-bond donors (Lipinski definition) is 1. The molecular weight excluding hydrogens is 384 g/mol. The number of benzene rings is 2. The lowest BCUT2D eigenvalue weighted by Crippen LogP contribution is -2.25. The lowest BCUT2D eigenvalue weighted by Gasteiger charge is -2.19. The Morgan fingerprint density at radius 2 is 1.89 bits per heavy atom. The molecule has 0 spiro atoms. The highest BCUT2D eigenvalue weighted by atomic mass is 32.2. The van der Waals surface area contributed by atoms with Crippen LogP contribution in [0.5, 0.6) is 17.2 Å². The minimum atomic E-state index is -3.31. The Morgan fingerprint density at radius 3 is 2.57 bits per heavy atom. The van der Waals surface area contributed by atoms with Gasteiger partial charge in [0.05, 0.1) is 31.3 Å². The molecule has 1 heterocycles. The average molecular weight is 406 g/mol. The SMILES string of the molecule is COc1cccc(OCC(=O)Nc2cc(N3CCCS3(=O)=O)ccc2OC)c1. The maximum absolute atomic E-state index is 12.3. The Hall–Kier alpha value is -2.94. The van der Waals surface area contributed by atoms with Gasteiger partial charge in [0.25, 0.3) is 5.91 Å². The third kappa shape index (κ3) is 4.48. The Balaban J connectivity index is 1.71. The fourth-order valence-corrected chi connectivity index (χ4v) is 4.46. The summed E-state index contributed by atoms with van der Waals surface area (Å²) in [5.74, 6) is 1.27. The number of methoxy groups -OCH3 is 2. The van der Waals surface area contributed by atoms with Gasteiger partial charge in [0.15, 0.2) is 6.61 Å². The lowest BCUT2D eigenvalue weighted by atomic mass is 10.2. The second-order valence-electron chi connectivity index (χ2n) is 6.14. The summed E-state index contributed by atoms with van der Waals surface area (Å²) in [6, 6.07) is 11.8. The highest BCUT2D eigenvalue weighted by molar-refractivity contribution is 7.93. The number of sulfonamides is 1. The molecule has 28 heavy (non-hydrogen) atoms. The van der Waals surface area contributed by atoms with Crippen LogP contribution in [-0.4, -0.2) is 47.4 Å². The van der Waals surface area contributed by atoms with Crippen LogP contribution in [0, 0.1) is 0 Å².